The van der Waals surface area contributed by atoms with E-state index in [0.29, 0.717) is 24.8 Å². The third-order valence-corrected chi connectivity index (χ3v) is 4.09. The molecule has 0 aromatic heterocycles. The standard InChI is InChI=1S/C14H24N2O2/c1-11-9-16(8-7-13(11)17)10-14(18)15-12-5-3-2-4-6-12/h11-12H,2-10H2,1H3,(H,15,18). The fraction of sp³-hybridized carbons (Fsp3) is 0.857. The van der Waals surface area contributed by atoms with Crippen molar-refractivity contribution in [1.82, 2.24) is 10.2 Å². The Balaban J connectivity index is 1.72. The fourth-order valence-electron chi connectivity index (χ4n) is 2.96. The molecular formula is C14H24N2O2. The molecule has 1 N–H and O–H groups in total. The molecule has 0 aromatic rings. The van der Waals surface area contributed by atoms with E-state index < -0.39 is 0 Å². The van der Waals surface area contributed by atoms with Crippen molar-refractivity contribution in [2.75, 3.05) is 19.6 Å². The van der Waals surface area contributed by atoms with Crippen LogP contribution < -0.4 is 5.32 Å². The minimum absolute atomic E-state index is 0.0845. The Labute approximate surface area is 109 Å². The van der Waals surface area contributed by atoms with Crippen molar-refractivity contribution in [2.24, 2.45) is 5.92 Å². The summed E-state index contributed by atoms with van der Waals surface area (Å²) < 4.78 is 0. The van der Waals surface area contributed by atoms with Crippen molar-refractivity contribution in [2.45, 2.75) is 51.5 Å². The van der Waals surface area contributed by atoms with Gasteiger partial charge in [-0.25, -0.2) is 0 Å². The maximum absolute atomic E-state index is 11.9. The Hall–Kier alpha value is -0.900. The smallest absolute Gasteiger partial charge is 0.234 e. The zero-order valence-electron chi connectivity index (χ0n) is 11.3. The predicted octanol–water partition coefficient (Wildman–Crippen LogP) is 1.35. The third-order valence-electron chi connectivity index (χ3n) is 4.09. The van der Waals surface area contributed by atoms with Crippen LogP contribution in [-0.2, 0) is 9.59 Å². The highest BCUT2D eigenvalue weighted by atomic mass is 16.2. The van der Waals surface area contributed by atoms with Gasteiger partial charge in [0, 0.05) is 31.5 Å². The lowest BCUT2D eigenvalue weighted by molar-refractivity contribution is -0.129. The number of piperidine rings is 1. The fourth-order valence-corrected chi connectivity index (χ4v) is 2.96. The summed E-state index contributed by atoms with van der Waals surface area (Å²) in [6, 6.07) is 0.384. The number of hydrogen-bond acceptors (Lipinski definition) is 3. The molecule has 1 aliphatic heterocycles. The van der Waals surface area contributed by atoms with E-state index in [4.69, 9.17) is 0 Å². The molecule has 1 unspecified atom stereocenters. The predicted molar refractivity (Wildman–Crippen MR) is 70.2 cm³/mol. The van der Waals surface area contributed by atoms with Gasteiger partial charge in [-0.15, -0.1) is 0 Å². The Kier molecular flexibility index (Phi) is 4.75. The van der Waals surface area contributed by atoms with E-state index in [-0.39, 0.29) is 11.8 Å². The molecule has 1 atom stereocenters. The Morgan fingerprint density at radius 3 is 2.72 bits per heavy atom. The van der Waals surface area contributed by atoms with Crippen LogP contribution in [0.4, 0.5) is 0 Å². The number of carbonyl (C=O) groups excluding carboxylic acids is 2. The summed E-state index contributed by atoms with van der Waals surface area (Å²) in [6.45, 7) is 3.87. The lowest BCUT2D eigenvalue weighted by atomic mass is 9.95. The van der Waals surface area contributed by atoms with E-state index in [2.05, 4.69) is 10.2 Å². The van der Waals surface area contributed by atoms with E-state index in [1.165, 1.54) is 19.3 Å². The van der Waals surface area contributed by atoms with Crippen LogP contribution in [0.3, 0.4) is 0 Å². The zero-order chi connectivity index (χ0) is 13.0. The summed E-state index contributed by atoms with van der Waals surface area (Å²) in [7, 11) is 0. The topological polar surface area (TPSA) is 49.4 Å². The van der Waals surface area contributed by atoms with Gasteiger partial charge < -0.3 is 5.32 Å². The van der Waals surface area contributed by atoms with Crippen molar-refractivity contribution in [3.63, 3.8) is 0 Å². The highest BCUT2D eigenvalue weighted by Gasteiger charge is 2.25. The average Bonchev–Trinajstić information content (AvgIpc) is 2.35. The molecule has 1 amide bonds. The molecule has 0 spiro atoms. The molecular weight excluding hydrogens is 228 g/mol. The van der Waals surface area contributed by atoms with Crippen molar-refractivity contribution >= 4 is 11.7 Å². The van der Waals surface area contributed by atoms with Crippen LogP contribution in [0.1, 0.15) is 45.4 Å². The molecule has 18 heavy (non-hydrogen) atoms. The zero-order valence-corrected chi connectivity index (χ0v) is 11.3. The number of hydrogen-bond donors (Lipinski definition) is 1. The first-order valence-electron chi connectivity index (χ1n) is 7.19. The molecule has 102 valence electrons. The second-order valence-corrected chi connectivity index (χ2v) is 5.75. The largest absolute Gasteiger partial charge is 0.352 e. The van der Waals surface area contributed by atoms with Crippen LogP contribution in [0, 0.1) is 5.92 Å². The lowest BCUT2D eigenvalue weighted by Crippen LogP contribution is -2.47. The first-order valence-corrected chi connectivity index (χ1v) is 7.19. The molecule has 0 bridgehead atoms. The third kappa shape index (κ3) is 3.80. The number of likely N-dealkylation sites (tertiary alicyclic amines) is 1. The first kappa shape index (κ1) is 13.5. The SMILES string of the molecule is CC1CN(CC(=O)NC2CCCCC2)CCC1=O. The van der Waals surface area contributed by atoms with Crippen LogP contribution in [0.25, 0.3) is 0 Å². The molecule has 1 heterocycles. The van der Waals surface area contributed by atoms with Gasteiger partial charge in [0.15, 0.2) is 0 Å². The number of carbonyl (C=O) groups is 2. The van der Waals surface area contributed by atoms with Gasteiger partial charge in [-0.2, -0.15) is 0 Å². The monoisotopic (exact) mass is 252 g/mol. The number of amides is 1. The molecule has 1 aliphatic carbocycles. The lowest BCUT2D eigenvalue weighted by Gasteiger charge is -2.30. The van der Waals surface area contributed by atoms with E-state index in [0.717, 1.165) is 25.9 Å². The first-order chi connectivity index (χ1) is 8.65. The minimum Gasteiger partial charge on any atom is -0.352 e. The number of Topliss-reactive ketones (excluding diaryl/α,β-unsaturated/α-hetero) is 1. The highest BCUT2D eigenvalue weighted by molar-refractivity contribution is 5.82. The van der Waals surface area contributed by atoms with E-state index in [9.17, 15) is 9.59 Å². The summed E-state index contributed by atoms with van der Waals surface area (Å²) in [5.41, 5.74) is 0. The summed E-state index contributed by atoms with van der Waals surface area (Å²) in [4.78, 5) is 25.4. The molecule has 1 saturated heterocycles. The number of ketones is 1. The quantitative estimate of drug-likeness (QED) is 0.825. The molecule has 2 rings (SSSR count). The Morgan fingerprint density at radius 1 is 1.33 bits per heavy atom. The molecule has 2 fully saturated rings. The highest BCUT2D eigenvalue weighted by Crippen LogP contribution is 2.17. The minimum atomic E-state index is 0.0845. The van der Waals surface area contributed by atoms with Crippen molar-refractivity contribution in [3.8, 4) is 0 Å². The molecule has 2 aliphatic rings. The van der Waals surface area contributed by atoms with Gasteiger partial charge in [0.25, 0.3) is 0 Å². The van der Waals surface area contributed by atoms with Gasteiger partial charge in [-0.05, 0) is 12.8 Å². The molecule has 4 heteroatoms. The van der Waals surface area contributed by atoms with Gasteiger partial charge >= 0.3 is 0 Å². The van der Waals surface area contributed by atoms with Gasteiger partial charge in [0.05, 0.1) is 6.54 Å². The van der Waals surface area contributed by atoms with E-state index in [1.807, 2.05) is 6.92 Å². The average molecular weight is 252 g/mol. The molecule has 4 nitrogen and oxygen atoms in total. The van der Waals surface area contributed by atoms with Crippen LogP contribution in [0.5, 0.6) is 0 Å². The molecule has 0 radical (unpaired) electrons. The maximum Gasteiger partial charge on any atom is 0.234 e. The van der Waals surface area contributed by atoms with E-state index in [1.54, 1.807) is 0 Å². The van der Waals surface area contributed by atoms with Gasteiger partial charge in [0.1, 0.15) is 5.78 Å². The van der Waals surface area contributed by atoms with Gasteiger partial charge in [-0.3, -0.25) is 14.5 Å². The summed E-state index contributed by atoms with van der Waals surface area (Å²) in [5, 5.41) is 3.13. The van der Waals surface area contributed by atoms with Gasteiger partial charge in [0.2, 0.25) is 5.91 Å². The van der Waals surface area contributed by atoms with Crippen molar-refractivity contribution < 1.29 is 9.59 Å². The second kappa shape index (κ2) is 6.32. The summed E-state index contributed by atoms with van der Waals surface area (Å²) in [6.07, 6.45) is 6.62. The number of rotatable bonds is 3. The van der Waals surface area contributed by atoms with Gasteiger partial charge in [-0.1, -0.05) is 26.2 Å². The second-order valence-electron chi connectivity index (χ2n) is 5.75. The summed E-state index contributed by atoms with van der Waals surface area (Å²) in [5.74, 6) is 0.545. The molecule has 0 aromatic carbocycles. The number of nitrogens with one attached hydrogen (secondary N) is 1. The number of nitrogens with zero attached hydrogens (tertiary/aromatic N) is 1. The maximum atomic E-state index is 11.9. The van der Waals surface area contributed by atoms with Crippen LogP contribution in [0.15, 0.2) is 0 Å². The Bertz CT molecular complexity index is 311. The van der Waals surface area contributed by atoms with Crippen LogP contribution in [0.2, 0.25) is 0 Å². The van der Waals surface area contributed by atoms with E-state index >= 15 is 0 Å². The summed E-state index contributed by atoms with van der Waals surface area (Å²) >= 11 is 0. The van der Waals surface area contributed by atoms with Crippen molar-refractivity contribution in [1.29, 1.82) is 0 Å². The normalized spacial score (nSPS) is 27.2. The van der Waals surface area contributed by atoms with Crippen molar-refractivity contribution in [3.05, 3.63) is 0 Å². The Morgan fingerprint density at radius 2 is 2.06 bits per heavy atom. The molecule has 1 saturated carbocycles. The van der Waals surface area contributed by atoms with Crippen LogP contribution in [-0.4, -0.2) is 42.3 Å². The van der Waals surface area contributed by atoms with Crippen LogP contribution >= 0.6 is 0 Å².